The minimum Gasteiger partial charge on any atom is -0.361 e. The second kappa shape index (κ2) is 8.03. The molecule has 1 aromatic carbocycles. The van der Waals surface area contributed by atoms with E-state index in [4.69, 9.17) is 9.51 Å². The van der Waals surface area contributed by atoms with Crippen molar-refractivity contribution in [2.75, 3.05) is 6.54 Å². The van der Waals surface area contributed by atoms with Gasteiger partial charge in [-0.2, -0.15) is 0 Å². The van der Waals surface area contributed by atoms with Crippen molar-refractivity contribution < 1.29 is 9.32 Å². The number of hydrogen-bond acceptors (Lipinski definition) is 5. The third-order valence-corrected chi connectivity index (χ3v) is 5.55. The molecule has 4 rings (SSSR count). The molecular formula is C22H24N4O3. The van der Waals surface area contributed by atoms with Crippen LogP contribution >= 0.6 is 0 Å². The summed E-state index contributed by atoms with van der Waals surface area (Å²) in [6.07, 6.45) is 3.10. The smallest absolute Gasteiger partial charge is 0.256 e. The Balaban J connectivity index is 1.45. The van der Waals surface area contributed by atoms with Gasteiger partial charge in [0.15, 0.2) is 0 Å². The van der Waals surface area contributed by atoms with E-state index in [2.05, 4.69) is 15.5 Å². The summed E-state index contributed by atoms with van der Waals surface area (Å²) >= 11 is 0. The number of aromatic nitrogens is 3. The maximum Gasteiger partial charge on any atom is 0.256 e. The topological polar surface area (TPSA) is 101 Å². The van der Waals surface area contributed by atoms with E-state index in [9.17, 15) is 9.59 Å². The molecule has 0 aliphatic heterocycles. The Hall–Kier alpha value is -3.22. The van der Waals surface area contributed by atoms with Gasteiger partial charge in [0.2, 0.25) is 0 Å². The zero-order valence-corrected chi connectivity index (χ0v) is 16.6. The summed E-state index contributed by atoms with van der Waals surface area (Å²) < 4.78 is 5.07. The van der Waals surface area contributed by atoms with Gasteiger partial charge in [-0.3, -0.25) is 9.59 Å². The van der Waals surface area contributed by atoms with E-state index in [0.717, 1.165) is 36.1 Å². The van der Waals surface area contributed by atoms with E-state index >= 15 is 0 Å². The molecule has 0 radical (unpaired) electrons. The summed E-state index contributed by atoms with van der Waals surface area (Å²) in [7, 11) is 0. The normalized spacial score (nSPS) is 16.1. The molecule has 2 N–H and O–H groups in total. The van der Waals surface area contributed by atoms with Gasteiger partial charge in [0.1, 0.15) is 17.1 Å². The van der Waals surface area contributed by atoms with Crippen LogP contribution in [-0.2, 0) is 12.8 Å². The van der Waals surface area contributed by atoms with Gasteiger partial charge in [0, 0.05) is 17.7 Å². The van der Waals surface area contributed by atoms with E-state index in [1.54, 1.807) is 13.8 Å². The van der Waals surface area contributed by atoms with Crippen LogP contribution in [0.5, 0.6) is 0 Å². The SMILES string of the molecule is Cc1noc(C)c1C(=O)NCC1CCc2nc(-c3ccccc3)[nH]c(=O)c2CC1. The highest BCUT2D eigenvalue weighted by molar-refractivity contribution is 5.96. The fourth-order valence-corrected chi connectivity index (χ4v) is 3.91. The van der Waals surface area contributed by atoms with Gasteiger partial charge in [-0.15, -0.1) is 0 Å². The van der Waals surface area contributed by atoms with Crippen LogP contribution in [0.1, 0.15) is 45.9 Å². The summed E-state index contributed by atoms with van der Waals surface area (Å²) in [6, 6.07) is 9.67. The Labute approximate surface area is 168 Å². The molecule has 1 aliphatic carbocycles. The standard InChI is InChI=1S/C22H24N4O3/c1-13-19(14(2)29-26-13)22(28)23-12-15-8-10-17-18(11-9-15)24-20(25-21(17)27)16-6-4-3-5-7-16/h3-7,15H,8-12H2,1-2H3,(H,23,28)(H,24,25,27). The third-order valence-electron chi connectivity index (χ3n) is 5.55. The van der Waals surface area contributed by atoms with Crippen LogP contribution in [0, 0.1) is 19.8 Å². The Morgan fingerprint density at radius 3 is 2.69 bits per heavy atom. The number of carbonyl (C=O) groups is 1. The van der Waals surface area contributed by atoms with Crippen molar-refractivity contribution in [2.24, 2.45) is 5.92 Å². The van der Waals surface area contributed by atoms with Gasteiger partial charge >= 0.3 is 0 Å². The van der Waals surface area contributed by atoms with Gasteiger partial charge in [-0.05, 0) is 45.4 Å². The second-order valence-corrected chi connectivity index (χ2v) is 7.56. The number of H-pyrrole nitrogens is 1. The molecule has 2 heterocycles. The lowest BCUT2D eigenvalue weighted by molar-refractivity contribution is 0.0944. The average Bonchev–Trinajstić information content (AvgIpc) is 2.93. The van der Waals surface area contributed by atoms with Gasteiger partial charge in [0.05, 0.1) is 11.4 Å². The summed E-state index contributed by atoms with van der Waals surface area (Å²) in [6.45, 7) is 4.05. The molecule has 7 nitrogen and oxygen atoms in total. The van der Waals surface area contributed by atoms with Crippen LogP contribution in [0.4, 0.5) is 0 Å². The fourth-order valence-electron chi connectivity index (χ4n) is 3.91. The monoisotopic (exact) mass is 392 g/mol. The maximum absolute atomic E-state index is 12.6. The lowest BCUT2D eigenvalue weighted by Gasteiger charge is -2.14. The highest BCUT2D eigenvalue weighted by Crippen LogP contribution is 2.23. The second-order valence-electron chi connectivity index (χ2n) is 7.56. The lowest BCUT2D eigenvalue weighted by atomic mass is 9.99. The van der Waals surface area contributed by atoms with E-state index in [-0.39, 0.29) is 17.4 Å². The van der Waals surface area contributed by atoms with Crippen molar-refractivity contribution in [3.8, 4) is 11.4 Å². The molecular weight excluding hydrogens is 368 g/mol. The van der Waals surface area contributed by atoms with Gasteiger partial charge in [-0.25, -0.2) is 4.98 Å². The highest BCUT2D eigenvalue weighted by Gasteiger charge is 2.23. The molecule has 1 aliphatic rings. The number of fused-ring (bicyclic) bond motifs is 1. The number of aryl methyl sites for hydroxylation is 3. The number of amides is 1. The first-order valence-electron chi connectivity index (χ1n) is 9.91. The van der Waals surface area contributed by atoms with E-state index in [1.165, 1.54) is 0 Å². The number of carbonyl (C=O) groups excluding carboxylic acids is 1. The van der Waals surface area contributed by atoms with Crippen molar-refractivity contribution in [3.05, 3.63) is 69.0 Å². The molecule has 1 atom stereocenters. The van der Waals surface area contributed by atoms with Crippen LogP contribution in [0.25, 0.3) is 11.4 Å². The van der Waals surface area contributed by atoms with Crippen molar-refractivity contribution in [1.82, 2.24) is 20.4 Å². The van der Waals surface area contributed by atoms with Crippen LogP contribution in [0.15, 0.2) is 39.6 Å². The zero-order valence-electron chi connectivity index (χ0n) is 16.6. The number of aromatic amines is 1. The molecule has 0 saturated heterocycles. The van der Waals surface area contributed by atoms with Gasteiger partial charge in [0.25, 0.3) is 11.5 Å². The van der Waals surface area contributed by atoms with Crippen molar-refractivity contribution in [3.63, 3.8) is 0 Å². The maximum atomic E-state index is 12.6. The first-order chi connectivity index (χ1) is 14.0. The number of nitrogens with one attached hydrogen (secondary N) is 2. The quantitative estimate of drug-likeness (QED) is 0.665. The summed E-state index contributed by atoms with van der Waals surface area (Å²) in [5.41, 5.74) is 3.58. The Bertz CT molecular complexity index is 1070. The van der Waals surface area contributed by atoms with Crippen LogP contribution in [-0.4, -0.2) is 27.6 Å². The Morgan fingerprint density at radius 2 is 1.97 bits per heavy atom. The van der Waals surface area contributed by atoms with E-state index < -0.39 is 0 Å². The number of rotatable bonds is 4. The van der Waals surface area contributed by atoms with Gasteiger partial charge < -0.3 is 14.8 Å². The van der Waals surface area contributed by atoms with Crippen LogP contribution < -0.4 is 10.9 Å². The molecule has 0 spiro atoms. The third kappa shape index (κ3) is 3.99. The molecule has 1 unspecified atom stereocenters. The Kier molecular flexibility index (Phi) is 5.29. The van der Waals surface area contributed by atoms with Crippen LogP contribution in [0.2, 0.25) is 0 Å². The molecule has 0 bridgehead atoms. The molecule has 2 aromatic heterocycles. The molecule has 29 heavy (non-hydrogen) atoms. The molecule has 150 valence electrons. The molecule has 0 fully saturated rings. The summed E-state index contributed by atoms with van der Waals surface area (Å²) in [5, 5.41) is 6.83. The molecule has 1 amide bonds. The number of benzene rings is 1. The molecule has 3 aromatic rings. The van der Waals surface area contributed by atoms with Gasteiger partial charge in [-0.1, -0.05) is 35.5 Å². The molecule has 7 heteroatoms. The first-order valence-corrected chi connectivity index (χ1v) is 9.91. The minimum atomic E-state index is -0.162. The van der Waals surface area contributed by atoms with Crippen molar-refractivity contribution in [1.29, 1.82) is 0 Å². The summed E-state index contributed by atoms with van der Waals surface area (Å²) in [5.74, 6) is 1.26. The van der Waals surface area contributed by atoms with Crippen molar-refractivity contribution in [2.45, 2.75) is 39.5 Å². The average molecular weight is 392 g/mol. The first kappa shape index (κ1) is 19.1. The minimum absolute atomic E-state index is 0.0609. The number of nitrogens with zero attached hydrogens (tertiary/aromatic N) is 2. The number of hydrogen-bond donors (Lipinski definition) is 2. The predicted molar refractivity (Wildman–Crippen MR) is 109 cm³/mol. The van der Waals surface area contributed by atoms with E-state index in [1.807, 2.05) is 30.3 Å². The molecule has 0 saturated carbocycles. The van der Waals surface area contributed by atoms with E-state index in [0.29, 0.717) is 35.8 Å². The van der Waals surface area contributed by atoms with Crippen LogP contribution in [0.3, 0.4) is 0 Å². The fraction of sp³-hybridized carbons (Fsp3) is 0.364. The highest BCUT2D eigenvalue weighted by atomic mass is 16.5. The van der Waals surface area contributed by atoms with Crippen molar-refractivity contribution >= 4 is 5.91 Å². The summed E-state index contributed by atoms with van der Waals surface area (Å²) in [4.78, 5) is 32.8. The zero-order chi connectivity index (χ0) is 20.4. The predicted octanol–water partition coefficient (Wildman–Crippen LogP) is 2.97. The Morgan fingerprint density at radius 1 is 1.21 bits per heavy atom. The lowest BCUT2D eigenvalue weighted by Crippen LogP contribution is -2.30. The largest absolute Gasteiger partial charge is 0.361 e.